The van der Waals surface area contributed by atoms with E-state index in [1.54, 1.807) is 17.1 Å². The first-order valence-electron chi connectivity index (χ1n) is 5.91. The summed E-state index contributed by atoms with van der Waals surface area (Å²) in [6.07, 6.45) is 4.41. The third kappa shape index (κ3) is 2.46. The van der Waals surface area contributed by atoms with Gasteiger partial charge in [0.05, 0.1) is 28.8 Å². The summed E-state index contributed by atoms with van der Waals surface area (Å²) in [5.74, 6) is 1.42. The molecule has 0 radical (unpaired) electrons. The molecule has 0 spiro atoms. The van der Waals surface area contributed by atoms with Crippen molar-refractivity contribution in [2.45, 2.75) is 27.2 Å². The second kappa shape index (κ2) is 5.35. The first-order chi connectivity index (χ1) is 8.63. The van der Waals surface area contributed by atoms with Crippen molar-refractivity contribution < 1.29 is 0 Å². The standard InChI is InChI=1S/C12H16ClN5/c1-4-5-15-10-6-14-7-11(16-10)18-9(3)12(13)8(2)17-18/h6-7H,4-5H2,1-3H3,(H,15,16). The zero-order valence-corrected chi connectivity index (χ0v) is 11.5. The highest BCUT2D eigenvalue weighted by atomic mass is 35.5. The summed E-state index contributed by atoms with van der Waals surface area (Å²) in [7, 11) is 0. The van der Waals surface area contributed by atoms with E-state index in [0.717, 1.165) is 30.2 Å². The van der Waals surface area contributed by atoms with E-state index in [0.29, 0.717) is 10.8 Å². The molecule has 1 N–H and O–H groups in total. The number of rotatable bonds is 4. The molecule has 0 saturated heterocycles. The summed E-state index contributed by atoms with van der Waals surface area (Å²) in [6, 6.07) is 0. The van der Waals surface area contributed by atoms with Crippen LogP contribution in [0.1, 0.15) is 24.7 Å². The molecule has 5 nitrogen and oxygen atoms in total. The fourth-order valence-corrected chi connectivity index (χ4v) is 1.76. The van der Waals surface area contributed by atoms with Gasteiger partial charge in [0.25, 0.3) is 0 Å². The van der Waals surface area contributed by atoms with Crippen LogP contribution in [-0.2, 0) is 0 Å². The molecule has 0 bridgehead atoms. The fourth-order valence-electron chi connectivity index (χ4n) is 1.64. The van der Waals surface area contributed by atoms with Gasteiger partial charge in [-0.15, -0.1) is 0 Å². The minimum atomic E-state index is 0.670. The van der Waals surface area contributed by atoms with Gasteiger partial charge in [-0.1, -0.05) is 18.5 Å². The minimum absolute atomic E-state index is 0.670. The van der Waals surface area contributed by atoms with Crippen LogP contribution < -0.4 is 5.32 Å². The Morgan fingerprint density at radius 3 is 2.72 bits per heavy atom. The Labute approximate surface area is 111 Å². The molecule has 0 aliphatic rings. The van der Waals surface area contributed by atoms with E-state index in [1.165, 1.54) is 0 Å². The van der Waals surface area contributed by atoms with Gasteiger partial charge in [0.1, 0.15) is 5.82 Å². The molecule has 0 fully saturated rings. The predicted octanol–water partition coefficient (Wildman–Crippen LogP) is 2.75. The average Bonchev–Trinajstić information content (AvgIpc) is 2.64. The normalized spacial score (nSPS) is 10.7. The van der Waals surface area contributed by atoms with Crippen molar-refractivity contribution in [1.82, 2.24) is 19.7 Å². The molecule has 2 rings (SSSR count). The molecule has 6 heteroatoms. The van der Waals surface area contributed by atoms with Crippen LogP contribution in [0.4, 0.5) is 5.82 Å². The Morgan fingerprint density at radius 1 is 1.33 bits per heavy atom. The van der Waals surface area contributed by atoms with Crippen molar-refractivity contribution in [3.63, 3.8) is 0 Å². The van der Waals surface area contributed by atoms with Crippen molar-refractivity contribution in [3.8, 4) is 5.82 Å². The molecule has 2 heterocycles. The topological polar surface area (TPSA) is 55.6 Å². The molecule has 0 amide bonds. The largest absolute Gasteiger partial charge is 0.369 e. The number of aryl methyl sites for hydroxylation is 1. The van der Waals surface area contributed by atoms with Gasteiger partial charge in [-0.2, -0.15) is 5.10 Å². The van der Waals surface area contributed by atoms with Gasteiger partial charge in [0.15, 0.2) is 5.82 Å². The Hall–Kier alpha value is -1.62. The Kier molecular flexibility index (Phi) is 3.81. The highest BCUT2D eigenvalue weighted by Gasteiger charge is 2.12. The molecular weight excluding hydrogens is 250 g/mol. The third-order valence-electron chi connectivity index (χ3n) is 2.60. The van der Waals surface area contributed by atoms with Gasteiger partial charge in [-0.3, -0.25) is 4.98 Å². The van der Waals surface area contributed by atoms with Gasteiger partial charge < -0.3 is 5.32 Å². The van der Waals surface area contributed by atoms with Crippen LogP contribution in [0.5, 0.6) is 0 Å². The van der Waals surface area contributed by atoms with E-state index in [2.05, 4.69) is 27.3 Å². The molecule has 2 aromatic rings. The second-order valence-electron chi connectivity index (χ2n) is 4.09. The third-order valence-corrected chi connectivity index (χ3v) is 3.14. The van der Waals surface area contributed by atoms with E-state index >= 15 is 0 Å². The number of nitrogens with zero attached hydrogens (tertiary/aromatic N) is 4. The number of aromatic nitrogens is 4. The molecule has 2 aromatic heterocycles. The van der Waals surface area contributed by atoms with Crippen LogP contribution in [0.15, 0.2) is 12.4 Å². The SMILES string of the molecule is CCCNc1cncc(-n2nc(C)c(Cl)c2C)n1. The lowest BCUT2D eigenvalue weighted by molar-refractivity contribution is 0.798. The minimum Gasteiger partial charge on any atom is -0.369 e. The molecule has 0 saturated carbocycles. The summed E-state index contributed by atoms with van der Waals surface area (Å²) >= 11 is 6.12. The maximum Gasteiger partial charge on any atom is 0.174 e. The molecule has 0 aliphatic heterocycles. The highest BCUT2D eigenvalue weighted by Crippen LogP contribution is 2.21. The van der Waals surface area contributed by atoms with Crippen LogP contribution in [0.3, 0.4) is 0 Å². The Morgan fingerprint density at radius 2 is 2.11 bits per heavy atom. The first-order valence-corrected chi connectivity index (χ1v) is 6.29. The first kappa shape index (κ1) is 12.8. The van der Waals surface area contributed by atoms with Crippen molar-refractivity contribution >= 4 is 17.4 Å². The smallest absolute Gasteiger partial charge is 0.174 e. The van der Waals surface area contributed by atoms with Gasteiger partial charge in [-0.05, 0) is 20.3 Å². The second-order valence-corrected chi connectivity index (χ2v) is 4.46. The Balaban J connectivity index is 2.35. The number of anilines is 1. The van der Waals surface area contributed by atoms with Gasteiger partial charge in [0.2, 0.25) is 0 Å². The van der Waals surface area contributed by atoms with E-state index < -0.39 is 0 Å². The zero-order valence-electron chi connectivity index (χ0n) is 10.7. The number of nitrogens with one attached hydrogen (secondary N) is 1. The van der Waals surface area contributed by atoms with E-state index in [9.17, 15) is 0 Å². The molecule has 0 unspecified atom stereocenters. The number of halogens is 1. The predicted molar refractivity (Wildman–Crippen MR) is 72.4 cm³/mol. The zero-order chi connectivity index (χ0) is 13.1. The average molecular weight is 266 g/mol. The summed E-state index contributed by atoms with van der Waals surface area (Å²) < 4.78 is 1.71. The van der Waals surface area contributed by atoms with E-state index in [-0.39, 0.29) is 0 Å². The van der Waals surface area contributed by atoms with Crippen molar-refractivity contribution in [2.24, 2.45) is 0 Å². The highest BCUT2D eigenvalue weighted by molar-refractivity contribution is 6.31. The van der Waals surface area contributed by atoms with Crippen LogP contribution in [0.25, 0.3) is 5.82 Å². The van der Waals surface area contributed by atoms with Crippen LogP contribution >= 0.6 is 11.6 Å². The lowest BCUT2D eigenvalue weighted by atomic mass is 10.4. The quantitative estimate of drug-likeness (QED) is 0.924. The molecule has 96 valence electrons. The maximum atomic E-state index is 6.12. The van der Waals surface area contributed by atoms with Crippen LogP contribution in [0.2, 0.25) is 5.02 Å². The maximum absolute atomic E-state index is 6.12. The monoisotopic (exact) mass is 265 g/mol. The molecule has 0 aliphatic carbocycles. The van der Waals surface area contributed by atoms with Gasteiger partial charge in [0, 0.05) is 6.54 Å². The van der Waals surface area contributed by atoms with Gasteiger partial charge in [-0.25, -0.2) is 9.67 Å². The lowest BCUT2D eigenvalue weighted by Crippen LogP contribution is -2.07. The van der Waals surface area contributed by atoms with Crippen LogP contribution in [-0.4, -0.2) is 26.3 Å². The molecular formula is C12H16ClN5. The van der Waals surface area contributed by atoms with Crippen molar-refractivity contribution in [1.29, 1.82) is 0 Å². The van der Waals surface area contributed by atoms with Gasteiger partial charge >= 0.3 is 0 Å². The summed E-state index contributed by atoms with van der Waals surface area (Å²) in [6.45, 7) is 6.76. The molecule has 18 heavy (non-hydrogen) atoms. The number of hydrogen-bond acceptors (Lipinski definition) is 4. The lowest BCUT2D eigenvalue weighted by Gasteiger charge is -2.06. The summed E-state index contributed by atoms with van der Waals surface area (Å²) in [4.78, 5) is 8.63. The molecule has 0 aromatic carbocycles. The molecule has 0 atom stereocenters. The van der Waals surface area contributed by atoms with E-state index in [4.69, 9.17) is 11.6 Å². The number of hydrogen-bond donors (Lipinski definition) is 1. The Bertz CT molecular complexity index is 549. The van der Waals surface area contributed by atoms with Crippen LogP contribution in [0, 0.1) is 13.8 Å². The summed E-state index contributed by atoms with van der Waals surface area (Å²) in [5, 5.41) is 8.22. The summed E-state index contributed by atoms with van der Waals surface area (Å²) in [5.41, 5.74) is 1.67. The van der Waals surface area contributed by atoms with Crippen molar-refractivity contribution in [2.75, 3.05) is 11.9 Å². The van der Waals surface area contributed by atoms with E-state index in [1.807, 2.05) is 13.8 Å². The fraction of sp³-hybridized carbons (Fsp3) is 0.417. The van der Waals surface area contributed by atoms with Crippen molar-refractivity contribution in [3.05, 3.63) is 28.8 Å².